The lowest BCUT2D eigenvalue weighted by Crippen LogP contribution is -2.34. The number of unbranched alkanes of at least 4 members (excludes halogenated alkanes) is 1. The minimum Gasteiger partial charge on any atom is -0.494 e. The summed E-state index contributed by atoms with van der Waals surface area (Å²) in [5, 5.41) is 15.7. The first-order valence-corrected chi connectivity index (χ1v) is 11.6. The van der Waals surface area contributed by atoms with Gasteiger partial charge in [-0.15, -0.1) is 0 Å². The van der Waals surface area contributed by atoms with Gasteiger partial charge in [0, 0.05) is 12.1 Å². The summed E-state index contributed by atoms with van der Waals surface area (Å²) in [6.07, 6.45) is 6.44. The molecular weight excluding hydrogens is 404 g/mol. The molecule has 1 aliphatic heterocycles. The normalized spacial score (nSPS) is 15.1. The fraction of sp³-hybridized carbons (Fsp3) is 0.462. The number of aliphatic carboxylic acids is 1. The number of carboxylic acids is 1. The van der Waals surface area contributed by atoms with Crippen molar-refractivity contribution in [3.05, 3.63) is 65.7 Å². The summed E-state index contributed by atoms with van der Waals surface area (Å²) in [4.78, 5) is 23.8. The van der Waals surface area contributed by atoms with Gasteiger partial charge in [0.25, 0.3) is 5.91 Å². The Kier molecular flexibility index (Phi) is 9.57. The lowest BCUT2D eigenvalue weighted by Gasteiger charge is -2.22. The maximum absolute atomic E-state index is 12.2. The second-order valence-electron chi connectivity index (χ2n) is 8.50. The molecule has 1 amide bonds. The SMILES string of the molecule is O=C(NCC(Cc1ccc(OCCCCC2CCNCC2)cc1)C(=O)O)c1ccccc1. The van der Waals surface area contributed by atoms with Crippen molar-refractivity contribution in [3.63, 3.8) is 0 Å². The van der Waals surface area contributed by atoms with E-state index in [9.17, 15) is 14.7 Å². The molecule has 3 N–H and O–H groups in total. The van der Waals surface area contributed by atoms with E-state index < -0.39 is 11.9 Å². The van der Waals surface area contributed by atoms with E-state index in [0.717, 1.165) is 36.7 Å². The Morgan fingerprint density at radius 3 is 2.44 bits per heavy atom. The molecule has 2 aromatic carbocycles. The highest BCUT2D eigenvalue weighted by molar-refractivity contribution is 5.94. The van der Waals surface area contributed by atoms with Gasteiger partial charge in [-0.3, -0.25) is 9.59 Å². The second-order valence-corrected chi connectivity index (χ2v) is 8.50. The molecule has 32 heavy (non-hydrogen) atoms. The van der Waals surface area contributed by atoms with Gasteiger partial charge in [0.15, 0.2) is 0 Å². The fourth-order valence-corrected chi connectivity index (χ4v) is 4.06. The van der Waals surface area contributed by atoms with Crippen LogP contribution in [0.15, 0.2) is 54.6 Å². The van der Waals surface area contributed by atoms with Crippen LogP contribution in [-0.2, 0) is 11.2 Å². The van der Waals surface area contributed by atoms with Crippen LogP contribution in [0.3, 0.4) is 0 Å². The molecule has 1 heterocycles. The number of carboxylic acid groups (broad SMARTS) is 1. The molecule has 0 spiro atoms. The van der Waals surface area contributed by atoms with Gasteiger partial charge >= 0.3 is 5.97 Å². The Morgan fingerprint density at radius 2 is 1.75 bits per heavy atom. The maximum atomic E-state index is 12.2. The molecule has 0 aliphatic carbocycles. The van der Waals surface area contributed by atoms with E-state index in [2.05, 4.69) is 10.6 Å². The Balaban J connectivity index is 1.38. The van der Waals surface area contributed by atoms with Crippen LogP contribution in [0.4, 0.5) is 0 Å². The van der Waals surface area contributed by atoms with E-state index in [1.807, 2.05) is 30.3 Å². The smallest absolute Gasteiger partial charge is 0.308 e. The summed E-state index contributed by atoms with van der Waals surface area (Å²) < 4.78 is 5.85. The van der Waals surface area contributed by atoms with Crippen molar-refractivity contribution >= 4 is 11.9 Å². The lowest BCUT2D eigenvalue weighted by atomic mass is 9.93. The summed E-state index contributed by atoms with van der Waals surface area (Å²) >= 11 is 0. The largest absolute Gasteiger partial charge is 0.494 e. The molecule has 3 rings (SSSR count). The molecule has 6 nitrogen and oxygen atoms in total. The number of amides is 1. The highest BCUT2D eigenvalue weighted by atomic mass is 16.5. The van der Waals surface area contributed by atoms with Crippen LogP contribution in [0.2, 0.25) is 0 Å². The first-order valence-electron chi connectivity index (χ1n) is 11.6. The van der Waals surface area contributed by atoms with Gasteiger partial charge in [0.2, 0.25) is 0 Å². The van der Waals surface area contributed by atoms with E-state index in [1.165, 1.54) is 25.7 Å². The minimum atomic E-state index is -0.924. The standard InChI is InChI=1S/C26H34N2O4/c29-25(22-7-2-1-3-8-22)28-19-23(26(30)31)18-21-9-11-24(12-10-21)32-17-5-4-6-20-13-15-27-16-14-20/h1-3,7-12,20,23,27H,4-6,13-19H2,(H,28,29)(H,30,31). The van der Waals surface area contributed by atoms with Crippen LogP contribution in [0.1, 0.15) is 48.0 Å². The van der Waals surface area contributed by atoms with Gasteiger partial charge < -0.3 is 20.5 Å². The molecule has 0 saturated carbocycles. The quantitative estimate of drug-likeness (QED) is 0.438. The van der Waals surface area contributed by atoms with Gasteiger partial charge in [-0.1, -0.05) is 36.8 Å². The summed E-state index contributed by atoms with van der Waals surface area (Å²) in [5.74, 6) is -0.215. The Hall–Kier alpha value is -2.86. The summed E-state index contributed by atoms with van der Waals surface area (Å²) in [6.45, 7) is 3.08. The van der Waals surface area contributed by atoms with Crippen molar-refractivity contribution in [2.75, 3.05) is 26.2 Å². The lowest BCUT2D eigenvalue weighted by molar-refractivity contribution is -0.141. The van der Waals surface area contributed by atoms with Gasteiger partial charge in [-0.2, -0.15) is 0 Å². The Bertz CT molecular complexity index is 833. The molecule has 1 unspecified atom stereocenters. The molecule has 1 aliphatic rings. The molecule has 1 fully saturated rings. The van der Waals surface area contributed by atoms with Crippen LogP contribution in [0.25, 0.3) is 0 Å². The number of benzene rings is 2. The Labute approximate surface area is 190 Å². The van der Waals surface area contributed by atoms with Gasteiger partial charge in [-0.05, 0) is 80.9 Å². The highest BCUT2D eigenvalue weighted by Gasteiger charge is 2.19. The monoisotopic (exact) mass is 438 g/mol. The molecule has 172 valence electrons. The van der Waals surface area contributed by atoms with Crippen molar-refractivity contribution in [1.82, 2.24) is 10.6 Å². The zero-order valence-electron chi connectivity index (χ0n) is 18.6. The molecule has 2 aromatic rings. The zero-order chi connectivity index (χ0) is 22.6. The molecule has 6 heteroatoms. The number of nitrogens with one attached hydrogen (secondary N) is 2. The number of piperidine rings is 1. The number of hydrogen-bond donors (Lipinski definition) is 3. The second kappa shape index (κ2) is 12.9. The molecule has 0 bridgehead atoms. The first kappa shape index (κ1) is 23.8. The molecule has 0 aromatic heterocycles. The van der Waals surface area contributed by atoms with Gasteiger partial charge in [-0.25, -0.2) is 0 Å². The average molecular weight is 439 g/mol. The average Bonchev–Trinajstić information content (AvgIpc) is 2.83. The number of hydrogen-bond acceptors (Lipinski definition) is 4. The fourth-order valence-electron chi connectivity index (χ4n) is 4.06. The van der Waals surface area contributed by atoms with Gasteiger partial charge in [0.1, 0.15) is 5.75 Å². The van der Waals surface area contributed by atoms with Crippen LogP contribution in [-0.4, -0.2) is 43.2 Å². The third-order valence-electron chi connectivity index (χ3n) is 6.03. The van der Waals surface area contributed by atoms with Crippen LogP contribution in [0, 0.1) is 11.8 Å². The predicted octanol–water partition coefficient (Wildman–Crippen LogP) is 3.91. The Morgan fingerprint density at radius 1 is 1.03 bits per heavy atom. The summed E-state index contributed by atoms with van der Waals surface area (Å²) in [5.41, 5.74) is 1.43. The minimum absolute atomic E-state index is 0.0817. The van der Waals surface area contributed by atoms with Crippen LogP contribution < -0.4 is 15.4 Å². The van der Waals surface area contributed by atoms with Crippen molar-refractivity contribution in [3.8, 4) is 5.75 Å². The van der Waals surface area contributed by atoms with Gasteiger partial charge in [0.05, 0.1) is 12.5 Å². The van der Waals surface area contributed by atoms with Crippen molar-refractivity contribution in [1.29, 1.82) is 0 Å². The van der Waals surface area contributed by atoms with E-state index in [4.69, 9.17) is 4.74 Å². The molecule has 1 saturated heterocycles. The molecule has 1 atom stereocenters. The number of carbonyl (C=O) groups excluding carboxylic acids is 1. The molecular formula is C26H34N2O4. The predicted molar refractivity (Wildman–Crippen MR) is 125 cm³/mol. The van der Waals surface area contributed by atoms with E-state index in [-0.39, 0.29) is 12.5 Å². The zero-order valence-corrected chi connectivity index (χ0v) is 18.6. The summed E-state index contributed by atoms with van der Waals surface area (Å²) in [7, 11) is 0. The maximum Gasteiger partial charge on any atom is 0.308 e. The summed E-state index contributed by atoms with van der Waals surface area (Å²) in [6, 6.07) is 16.4. The highest BCUT2D eigenvalue weighted by Crippen LogP contribution is 2.20. The van der Waals surface area contributed by atoms with Crippen molar-refractivity contribution in [2.24, 2.45) is 11.8 Å². The number of rotatable bonds is 12. The van der Waals surface area contributed by atoms with Crippen LogP contribution in [0.5, 0.6) is 5.75 Å². The first-order chi connectivity index (χ1) is 15.6. The topological polar surface area (TPSA) is 87.7 Å². The van der Waals surface area contributed by atoms with E-state index in [0.29, 0.717) is 18.6 Å². The van der Waals surface area contributed by atoms with Crippen molar-refractivity contribution < 1.29 is 19.4 Å². The third kappa shape index (κ3) is 8.00. The number of ether oxygens (including phenoxy) is 1. The molecule has 0 radical (unpaired) electrons. The van der Waals surface area contributed by atoms with E-state index in [1.54, 1.807) is 24.3 Å². The number of carbonyl (C=O) groups is 2. The third-order valence-corrected chi connectivity index (χ3v) is 6.03. The van der Waals surface area contributed by atoms with Crippen molar-refractivity contribution in [2.45, 2.75) is 38.5 Å². The van der Waals surface area contributed by atoms with Crippen LogP contribution >= 0.6 is 0 Å². The van der Waals surface area contributed by atoms with E-state index >= 15 is 0 Å².